The lowest BCUT2D eigenvalue weighted by atomic mass is 9.74. The molecule has 1 amide bonds. The third kappa shape index (κ3) is 3.69. The highest BCUT2D eigenvalue weighted by Gasteiger charge is 2.35. The molecule has 4 heteroatoms. The van der Waals surface area contributed by atoms with Gasteiger partial charge < -0.3 is 10.4 Å². The number of hydrogen-bond acceptors (Lipinski definition) is 3. The fourth-order valence-corrected chi connectivity index (χ4v) is 3.77. The van der Waals surface area contributed by atoms with Gasteiger partial charge in [0.25, 0.3) is 0 Å². The number of fused-ring (bicyclic) bond motifs is 1. The van der Waals surface area contributed by atoms with Crippen molar-refractivity contribution in [1.82, 2.24) is 10.6 Å². The summed E-state index contributed by atoms with van der Waals surface area (Å²) in [7, 11) is 0. The summed E-state index contributed by atoms with van der Waals surface area (Å²) in [5.74, 6) is 1.46. The number of phenolic OH excluding ortho intramolecular Hbond substituents is 1. The van der Waals surface area contributed by atoms with Gasteiger partial charge in [0.05, 0.1) is 6.17 Å². The van der Waals surface area contributed by atoms with Gasteiger partial charge in [-0.3, -0.25) is 10.1 Å². The first-order chi connectivity index (χ1) is 10.7. The molecule has 1 saturated carbocycles. The zero-order valence-electron chi connectivity index (χ0n) is 12.8. The third-order valence-electron chi connectivity index (χ3n) is 4.87. The smallest absolute Gasteiger partial charge is 0.245 e. The summed E-state index contributed by atoms with van der Waals surface area (Å²) in [5, 5.41) is 16.0. The van der Waals surface area contributed by atoms with Crippen LogP contribution in [-0.4, -0.2) is 23.7 Å². The molecule has 1 aromatic rings. The summed E-state index contributed by atoms with van der Waals surface area (Å²) in [6.45, 7) is 0.988. The van der Waals surface area contributed by atoms with Crippen molar-refractivity contribution in [3.05, 3.63) is 35.9 Å². The Labute approximate surface area is 131 Å². The molecule has 2 aliphatic rings. The Morgan fingerprint density at radius 3 is 3.00 bits per heavy atom. The molecule has 1 aliphatic carbocycles. The minimum atomic E-state index is -0.0768. The van der Waals surface area contributed by atoms with Crippen LogP contribution in [0.1, 0.15) is 37.7 Å². The van der Waals surface area contributed by atoms with Gasteiger partial charge in [-0.1, -0.05) is 31.4 Å². The van der Waals surface area contributed by atoms with Crippen molar-refractivity contribution in [2.75, 3.05) is 6.54 Å². The monoisotopic (exact) mass is 300 g/mol. The van der Waals surface area contributed by atoms with E-state index in [9.17, 15) is 9.90 Å². The van der Waals surface area contributed by atoms with E-state index >= 15 is 0 Å². The summed E-state index contributed by atoms with van der Waals surface area (Å²) in [4.78, 5) is 12.1. The Kier molecular flexibility index (Phi) is 4.78. The molecule has 4 nitrogen and oxygen atoms in total. The zero-order valence-corrected chi connectivity index (χ0v) is 12.8. The molecule has 0 aromatic heterocycles. The Morgan fingerprint density at radius 1 is 1.27 bits per heavy atom. The first-order valence-electron chi connectivity index (χ1n) is 8.23. The number of aromatic hydroxyl groups is 1. The number of rotatable bonds is 3. The molecule has 118 valence electrons. The van der Waals surface area contributed by atoms with E-state index in [-0.39, 0.29) is 17.8 Å². The summed E-state index contributed by atoms with van der Waals surface area (Å²) in [6, 6.07) is 6.88. The lowest BCUT2D eigenvalue weighted by Crippen LogP contribution is -2.56. The number of benzene rings is 1. The van der Waals surface area contributed by atoms with E-state index in [1.165, 1.54) is 32.1 Å². The molecule has 1 aromatic carbocycles. The molecule has 1 aliphatic heterocycles. The first-order valence-corrected chi connectivity index (χ1v) is 8.23. The maximum absolute atomic E-state index is 12.1. The van der Waals surface area contributed by atoms with Gasteiger partial charge in [-0.25, -0.2) is 0 Å². The van der Waals surface area contributed by atoms with Crippen molar-refractivity contribution < 1.29 is 9.90 Å². The van der Waals surface area contributed by atoms with Crippen LogP contribution in [0.4, 0.5) is 0 Å². The van der Waals surface area contributed by atoms with Crippen molar-refractivity contribution >= 4 is 12.0 Å². The highest BCUT2D eigenvalue weighted by Crippen LogP contribution is 2.35. The number of hydrogen-bond donors (Lipinski definition) is 3. The minimum Gasteiger partial charge on any atom is -0.508 e. The number of nitrogens with one attached hydrogen (secondary N) is 2. The standard InChI is InChI=1S/C18H24N2O2/c21-15-6-3-4-13(12-15)8-9-17(22)20-18-16-7-2-1-5-14(16)10-11-19-18/h3-4,6,8-9,12,14,16,18-19,21H,1-2,5,7,10-11H2,(H,20,22). The average Bonchev–Trinajstić information content (AvgIpc) is 2.53. The average molecular weight is 300 g/mol. The lowest BCUT2D eigenvalue weighted by molar-refractivity contribution is -0.118. The second kappa shape index (κ2) is 6.97. The van der Waals surface area contributed by atoms with Crippen molar-refractivity contribution in [3.8, 4) is 5.75 Å². The lowest BCUT2D eigenvalue weighted by Gasteiger charge is -2.42. The summed E-state index contributed by atoms with van der Waals surface area (Å²) < 4.78 is 0. The predicted molar refractivity (Wildman–Crippen MR) is 87.1 cm³/mol. The second-order valence-electron chi connectivity index (χ2n) is 6.37. The van der Waals surface area contributed by atoms with Crippen molar-refractivity contribution in [1.29, 1.82) is 0 Å². The fraction of sp³-hybridized carbons (Fsp3) is 0.500. The number of phenols is 1. The molecule has 3 rings (SSSR count). The van der Waals surface area contributed by atoms with Crippen LogP contribution in [0.3, 0.4) is 0 Å². The molecule has 2 fully saturated rings. The van der Waals surface area contributed by atoms with E-state index in [1.807, 2.05) is 6.07 Å². The van der Waals surface area contributed by atoms with E-state index < -0.39 is 0 Å². The SMILES string of the molecule is O=C(C=Cc1cccc(O)c1)NC1NCCC2CCCCC21. The van der Waals surface area contributed by atoms with Gasteiger partial charge in [-0.15, -0.1) is 0 Å². The van der Waals surface area contributed by atoms with Gasteiger partial charge in [-0.05, 0) is 55.0 Å². The van der Waals surface area contributed by atoms with Crippen LogP contribution >= 0.6 is 0 Å². The van der Waals surface area contributed by atoms with Crippen molar-refractivity contribution in [3.63, 3.8) is 0 Å². The molecule has 22 heavy (non-hydrogen) atoms. The largest absolute Gasteiger partial charge is 0.508 e. The molecule has 3 unspecified atom stereocenters. The summed E-state index contributed by atoms with van der Waals surface area (Å²) in [6.07, 6.45) is 9.72. The van der Waals surface area contributed by atoms with Crippen LogP contribution in [0.25, 0.3) is 6.08 Å². The Bertz CT molecular complexity index is 554. The molecular formula is C18H24N2O2. The topological polar surface area (TPSA) is 61.4 Å². The molecule has 1 heterocycles. The van der Waals surface area contributed by atoms with Gasteiger partial charge in [0, 0.05) is 6.08 Å². The predicted octanol–water partition coefficient (Wildman–Crippen LogP) is 2.65. The Morgan fingerprint density at radius 2 is 2.14 bits per heavy atom. The number of carbonyl (C=O) groups is 1. The zero-order chi connectivity index (χ0) is 15.4. The van der Waals surface area contributed by atoms with Crippen LogP contribution in [0.2, 0.25) is 0 Å². The second-order valence-corrected chi connectivity index (χ2v) is 6.37. The van der Waals surface area contributed by atoms with E-state index in [1.54, 1.807) is 30.4 Å². The highest BCUT2D eigenvalue weighted by atomic mass is 16.3. The van der Waals surface area contributed by atoms with E-state index in [2.05, 4.69) is 10.6 Å². The van der Waals surface area contributed by atoms with Crippen LogP contribution in [0.15, 0.2) is 30.3 Å². The van der Waals surface area contributed by atoms with Gasteiger partial charge in [0.2, 0.25) is 5.91 Å². The van der Waals surface area contributed by atoms with Crippen molar-refractivity contribution in [2.45, 2.75) is 38.3 Å². The van der Waals surface area contributed by atoms with E-state index in [0.29, 0.717) is 5.92 Å². The number of piperidine rings is 1. The van der Waals surface area contributed by atoms with Gasteiger partial charge >= 0.3 is 0 Å². The number of carbonyl (C=O) groups excluding carboxylic acids is 1. The van der Waals surface area contributed by atoms with Crippen molar-refractivity contribution in [2.24, 2.45) is 11.8 Å². The maximum atomic E-state index is 12.1. The molecule has 0 spiro atoms. The minimum absolute atomic E-state index is 0.0768. The highest BCUT2D eigenvalue weighted by molar-refractivity contribution is 5.91. The quantitative estimate of drug-likeness (QED) is 0.752. The van der Waals surface area contributed by atoms with E-state index in [4.69, 9.17) is 0 Å². The Balaban J connectivity index is 1.58. The maximum Gasteiger partial charge on any atom is 0.245 e. The molecule has 3 atom stereocenters. The normalized spacial score (nSPS) is 28.3. The van der Waals surface area contributed by atoms with E-state index in [0.717, 1.165) is 18.0 Å². The molecular weight excluding hydrogens is 276 g/mol. The first kappa shape index (κ1) is 15.1. The van der Waals surface area contributed by atoms with Crippen LogP contribution in [0, 0.1) is 11.8 Å². The fourth-order valence-electron chi connectivity index (χ4n) is 3.77. The van der Waals surface area contributed by atoms with Gasteiger partial charge in [0.1, 0.15) is 5.75 Å². The van der Waals surface area contributed by atoms with Gasteiger partial charge in [-0.2, -0.15) is 0 Å². The molecule has 0 radical (unpaired) electrons. The van der Waals surface area contributed by atoms with Crippen LogP contribution in [-0.2, 0) is 4.79 Å². The number of amides is 1. The third-order valence-corrected chi connectivity index (χ3v) is 4.87. The molecule has 1 saturated heterocycles. The Hall–Kier alpha value is -1.81. The van der Waals surface area contributed by atoms with Gasteiger partial charge in [0.15, 0.2) is 0 Å². The summed E-state index contributed by atoms with van der Waals surface area (Å²) >= 11 is 0. The van der Waals surface area contributed by atoms with Crippen LogP contribution < -0.4 is 10.6 Å². The molecule has 3 N–H and O–H groups in total. The van der Waals surface area contributed by atoms with Crippen LogP contribution in [0.5, 0.6) is 5.75 Å². The molecule has 0 bridgehead atoms. The summed E-state index contributed by atoms with van der Waals surface area (Å²) in [5.41, 5.74) is 0.822.